The molecular weight excluding hydrogens is 252 g/mol. The molecule has 1 aromatic heterocycles. The number of rotatable bonds is 5. The lowest BCUT2D eigenvalue weighted by molar-refractivity contribution is 0.303. The van der Waals surface area contributed by atoms with Crippen LogP contribution in [-0.4, -0.2) is 20.6 Å². The van der Waals surface area contributed by atoms with E-state index in [1.165, 1.54) is 0 Å². The van der Waals surface area contributed by atoms with E-state index in [9.17, 15) is 0 Å². The van der Waals surface area contributed by atoms with E-state index >= 15 is 0 Å². The van der Waals surface area contributed by atoms with E-state index < -0.39 is 0 Å². The lowest BCUT2D eigenvalue weighted by Crippen LogP contribution is -2.32. The molecule has 0 amide bonds. The summed E-state index contributed by atoms with van der Waals surface area (Å²) >= 11 is 0. The summed E-state index contributed by atoms with van der Waals surface area (Å²) in [4.78, 5) is 4.40. The zero-order valence-electron chi connectivity index (χ0n) is 11.8. The lowest BCUT2D eigenvalue weighted by atomic mass is 9.88. The highest BCUT2D eigenvalue weighted by molar-refractivity contribution is 5.85. The summed E-state index contributed by atoms with van der Waals surface area (Å²) in [6, 6.07) is 10.0. The Morgan fingerprint density at radius 3 is 2.70 bits per heavy atom. The standard InChI is InChI=1S/C15H20N4O/c1-15(2,14(16)18-20)8-10-19-11-9-17-13(19)12-6-4-3-5-7-12/h3-7,9,11,20H,8,10H2,1-2H3,(H2,16,18). The van der Waals surface area contributed by atoms with Gasteiger partial charge in [-0.2, -0.15) is 0 Å². The maximum absolute atomic E-state index is 8.80. The van der Waals surface area contributed by atoms with Crippen LogP contribution in [0.4, 0.5) is 0 Å². The highest BCUT2D eigenvalue weighted by Crippen LogP contribution is 2.24. The van der Waals surface area contributed by atoms with Crippen LogP contribution >= 0.6 is 0 Å². The molecule has 0 saturated carbocycles. The fourth-order valence-corrected chi connectivity index (χ4v) is 2.00. The summed E-state index contributed by atoms with van der Waals surface area (Å²) < 4.78 is 2.09. The maximum Gasteiger partial charge on any atom is 0.144 e. The van der Waals surface area contributed by atoms with Crippen molar-refractivity contribution in [2.24, 2.45) is 16.3 Å². The third-order valence-corrected chi connectivity index (χ3v) is 3.53. The van der Waals surface area contributed by atoms with E-state index in [2.05, 4.69) is 14.7 Å². The summed E-state index contributed by atoms with van der Waals surface area (Å²) in [5.74, 6) is 1.18. The van der Waals surface area contributed by atoms with Gasteiger partial charge in [0.05, 0.1) is 0 Å². The van der Waals surface area contributed by atoms with Crippen LogP contribution in [0.15, 0.2) is 47.9 Å². The predicted molar refractivity (Wildman–Crippen MR) is 79.5 cm³/mol. The fraction of sp³-hybridized carbons (Fsp3) is 0.333. The first-order chi connectivity index (χ1) is 9.54. The number of nitrogens with zero attached hydrogens (tertiary/aromatic N) is 3. The van der Waals surface area contributed by atoms with E-state index in [1.807, 2.05) is 50.4 Å². The molecular formula is C15H20N4O. The maximum atomic E-state index is 8.80. The van der Waals surface area contributed by atoms with Gasteiger partial charge >= 0.3 is 0 Å². The third-order valence-electron chi connectivity index (χ3n) is 3.53. The van der Waals surface area contributed by atoms with Gasteiger partial charge in [-0.05, 0) is 6.42 Å². The van der Waals surface area contributed by atoms with Crippen LogP contribution in [0.5, 0.6) is 0 Å². The minimum atomic E-state index is -0.354. The monoisotopic (exact) mass is 272 g/mol. The van der Waals surface area contributed by atoms with E-state index in [1.54, 1.807) is 6.20 Å². The second-order valence-corrected chi connectivity index (χ2v) is 5.43. The minimum Gasteiger partial charge on any atom is -0.409 e. The summed E-state index contributed by atoms with van der Waals surface area (Å²) in [7, 11) is 0. The topological polar surface area (TPSA) is 76.4 Å². The molecule has 0 aliphatic heterocycles. The van der Waals surface area contributed by atoms with Gasteiger partial charge in [-0.1, -0.05) is 49.3 Å². The van der Waals surface area contributed by atoms with Crippen molar-refractivity contribution in [2.75, 3.05) is 0 Å². The van der Waals surface area contributed by atoms with Crippen LogP contribution in [0.1, 0.15) is 20.3 Å². The predicted octanol–water partition coefficient (Wildman–Crippen LogP) is 2.71. The molecule has 1 heterocycles. The first-order valence-corrected chi connectivity index (χ1v) is 6.59. The van der Waals surface area contributed by atoms with Gasteiger partial charge in [-0.3, -0.25) is 0 Å². The number of aryl methyl sites for hydroxylation is 1. The van der Waals surface area contributed by atoms with Crippen LogP contribution in [0.2, 0.25) is 0 Å². The molecule has 1 aromatic carbocycles. The molecule has 0 aliphatic carbocycles. The highest BCUT2D eigenvalue weighted by atomic mass is 16.4. The third kappa shape index (κ3) is 2.99. The molecule has 0 saturated heterocycles. The molecule has 0 unspecified atom stereocenters. The van der Waals surface area contributed by atoms with Crippen molar-refractivity contribution in [2.45, 2.75) is 26.8 Å². The average molecular weight is 272 g/mol. The quantitative estimate of drug-likeness (QED) is 0.380. The smallest absolute Gasteiger partial charge is 0.144 e. The van der Waals surface area contributed by atoms with Crippen LogP contribution in [0, 0.1) is 5.41 Å². The van der Waals surface area contributed by atoms with Crippen molar-refractivity contribution >= 4 is 5.84 Å². The molecule has 0 fully saturated rings. The Bertz CT molecular complexity index is 587. The molecule has 0 aliphatic rings. The molecule has 3 N–H and O–H groups in total. The zero-order chi connectivity index (χ0) is 14.6. The Balaban J connectivity index is 2.15. The fourth-order valence-electron chi connectivity index (χ4n) is 2.00. The van der Waals surface area contributed by atoms with Crippen LogP contribution in [0.25, 0.3) is 11.4 Å². The Hall–Kier alpha value is -2.30. The van der Waals surface area contributed by atoms with Gasteiger partial charge in [0.1, 0.15) is 11.7 Å². The van der Waals surface area contributed by atoms with Crippen LogP contribution < -0.4 is 5.73 Å². The van der Waals surface area contributed by atoms with E-state index in [0.29, 0.717) is 0 Å². The largest absolute Gasteiger partial charge is 0.409 e. The Kier molecular flexibility index (Phi) is 4.08. The summed E-state index contributed by atoms with van der Waals surface area (Å²) in [6.45, 7) is 4.68. The molecule has 20 heavy (non-hydrogen) atoms. The Morgan fingerprint density at radius 2 is 2.05 bits per heavy atom. The van der Waals surface area contributed by atoms with Crippen molar-refractivity contribution in [3.8, 4) is 11.4 Å². The molecule has 2 aromatic rings. The van der Waals surface area contributed by atoms with Crippen molar-refractivity contribution in [1.82, 2.24) is 9.55 Å². The summed E-state index contributed by atoms with van der Waals surface area (Å²) in [6.07, 6.45) is 4.50. The summed E-state index contributed by atoms with van der Waals surface area (Å²) in [5, 5.41) is 11.9. The van der Waals surface area contributed by atoms with E-state index in [4.69, 9.17) is 10.9 Å². The molecule has 2 rings (SSSR count). The highest BCUT2D eigenvalue weighted by Gasteiger charge is 2.23. The first-order valence-electron chi connectivity index (χ1n) is 6.59. The minimum absolute atomic E-state index is 0.249. The van der Waals surface area contributed by atoms with Crippen LogP contribution in [-0.2, 0) is 6.54 Å². The number of amidine groups is 1. The molecule has 0 radical (unpaired) electrons. The van der Waals surface area contributed by atoms with Crippen LogP contribution in [0.3, 0.4) is 0 Å². The van der Waals surface area contributed by atoms with Gasteiger partial charge in [0.2, 0.25) is 0 Å². The van der Waals surface area contributed by atoms with Gasteiger partial charge in [0.25, 0.3) is 0 Å². The average Bonchev–Trinajstić information content (AvgIpc) is 2.93. The molecule has 0 bridgehead atoms. The normalized spacial score (nSPS) is 12.6. The number of oxime groups is 1. The van der Waals surface area contributed by atoms with Crippen molar-refractivity contribution in [3.63, 3.8) is 0 Å². The van der Waals surface area contributed by atoms with E-state index in [-0.39, 0.29) is 11.3 Å². The van der Waals surface area contributed by atoms with Crippen molar-refractivity contribution < 1.29 is 5.21 Å². The number of aromatic nitrogens is 2. The Morgan fingerprint density at radius 1 is 1.35 bits per heavy atom. The Labute approximate surface area is 118 Å². The lowest BCUT2D eigenvalue weighted by Gasteiger charge is -2.23. The number of imidazole rings is 1. The molecule has 0 spiro atoms. The van der Waals surface area contributed by atoms with Gasteiger partial charge in [0.15, 0.2) is 0 Å². The van der Waals surface area contributed by atoms with Gasteiger partial charge in [-0.15, -0.1) is 0 Å². The van der Waals surface area contributed by atoms with E-state index in [0.717, 1.165) is 24.4 Å². The molecule has 0 atom stereocenters. The van der Waals surface area contributed by atoms with Gasteiger partial charge in [-0.25, -0.2) is 4.98 Å². The first kappa shape index (κ1) is 14.1. The van der Waals surface area contributed by atoms with Crippen molar-refractivity contribution in [1.29, 1.82) is 0 Å². The molecule has 106 valence electrons. The number of nitrogens with two attached hydrogens (primary N) is 1. The zero-order valence-corrected chi connectivity index (χ0v) is 11.8. The van der Waals surface area contributed by atoms with Gasteiger partial charge < -0.3 is 15.5 Å². The second-order valence-electron chi connectivity index (χ2n) is 5.43. The second kappa shape index (κ2) is 5.77. The summed E-state index contributed by atoms with van der Waals surface area (Å²) in [5.41, 5.74) is 6.44. The number of benzene rings is 1. The molecule has 5 nitrogen and oxygen atoms in total. The van der Waals surface area contributed by atoms with Crippen molar-refractivity contribution in [3.05, 3.63) is 42.7 Å². The van der Waals surface area contributed by atoms with Gasteiger partial charge in [0, 0.05) is 29.9 Å². The number of hydrogen-bond donors (Lipinski definition) is 2. The SMILES string of the molecule is CC(C)(CCn1ccnc1-c1ccccc1)C(N)=NO. The number of hydrogen-bond acceptors (Lipinski definition) is 3. The molecule has 5 heteroatoms.